The third kappa shape index (κ3) is 6.90. The Kier molecular flexibility index (Phi) is 9.80. The number of carbonyl (C=O) groups is 1. The van der Waals surface area contributed by atoms with Crippen molar-refractivity contribution < 1.29 is 32.5 Å². The van der Waals surface area contributed by atoms with Gasteiger partial charge in [0.25, 0.3) is 0 Å². The van der Waals surface area contributed by atoms with E-state index in [-0.39, 0.29) is 30.7 Å². The average Bonchev–Trinajstić information content (AvgIpc) is 3.51. The lowest BCUT2D eigenvalue weighted by Crippen LogP contribution is -2.71. The highest BCUT2D eigenvalue weighted by atomic mass is 35.5. The van der Waals surface area contributed by atoms with E-state index in [0.717, 1.165) is 6.42 Å². The van der Waals surface area contributed by atoms with Crippen molar-refractivity contribution in [2.45, 2.75) is 56.6 Å². The summed E-state index contributed by atoms with van der Waals surface area (Å²) < 4.78 is 50.6. The van der Waals surface area contributed by atoms with E-state index in [4.69, 9.17) is 37.7 Å². The fourth-order valence-corrected chi connectivity index (χ4v) is 8.17. The summed E-state index contributed by atoms with van der Waals surface area (Å²) in [6.07, 6.45) is -0.661. The minimum absolute atomic E-state index is 0.0610. The van der Waals surface area contributed by atoms with E-state index in [9.17, 15) is 23.1 Å². The maximum atomic E-state index is 13.1. The van der Waals surface area contributed by atoms with Gasteiger partial charge in [-0.2, -0.15) is 13.2 Å². The number of nitrogens with zero attached hydrogens (tertiary/aromatic N) is 5. The third-order valence-corrected chi connectivity index (χ3v) is 10.8. The summed E-state index contributed by atoms with van der Waals surface area (Å²) in [5, 5.41) is 16.9. The normalized spacial score (nSPS) is 19.2. The van der Waals surface area contributed by atoms with Crippen molar-refractivity contribution in [1.29, 1.82) is 0 Å². The Hall–Kier alpha value is -4.08. The van der Waals surface area contributed by atoms with E-state index < -0.39 is 17.2 Å². The molecular formula is C36H36Cl2F3N7O4. The Morgan fingerprint density at radius 1 is 0.923 bits per heavy atom. The highest BCUT2D eigenvalue weighted by Gasteiger charge is 2.69. The number of hydrogen-bond donors (Lipinski definition) is 3. The summed E-state index contributed by atoms with van der Waals surface area (Å²) in [5.74, 6) is 0.686. The Bertz CT molecular complexity index is 2000. The van der Waals surface area contributed by atoms with Crippen LogP contribution in [0.3, 0.4) is 0 Å². The standard InChI is InChI=1S/C36H36Cl2F3N7O4/c1-51-32-27(12-42-11-20-9-10-29(49)45-20)43-13-25(46-32)23-7-3-5-21(30(23)37)22-6-4-8-24(31(22)38)26-14-44-28(33(47-26)52-2)15-48-18-34(19-48)16-35(50,17-34)36(39,40)41/h3-8,13-14,20,42,50H,9-12,15-19H2,1-2H3,(H,45,49)/t20-/m0/s1. The Morgan fingerprint density at radius 3 is 1.98 bits per heavy atom. The second-order valence-corrected chi connectivity index (χ2v) is 14.5. The first kappa shape index (κ1) is 36.3. The zero-order valence-corrected chi connectivity index (χ0v) is 29.9. The number of aromatic nitrogens is 4. The summed E-state index contributed by atoms with van der Waals surface area (Å²) >= 11 is 14.1. The van der Waals surface area contributed by atoms with Crippen molar-refractivity contribution in [2.75, 3.05) is 33.9 Å². The number of methoxy groups -OCH3 is 2. The predicted molar refractivity (Wildman–Crippen MR) is 188 cm³/mol. The molecule has 4 heterocycles. The lowest BCUT2D eigenvalue weighted by atomic mass is 9.55. The van der Waals surface area contributed by atoms with Crippen LogP contribution in [-0.4, -0.2) is 87.5 Å². The van der Waals surface area contributed by atoms with Gasteiger partial charge < -0.3 is 25.2 Å². The van der Waals surface area contributed by atoms with Crippen molar-refractivity contribution in [3.8, 4) is 45.4 Å². The van der Waals surface area contributed by atoms with Crippen LogP contribution < -0.4 is 20.1 Å². The lowest BCUT2D eigenvalue weighted by Gasteiger charge is -2.62. The number of halogens is 5. The zero-order valence-electron chi connectivity index (χ0n) is 28.4. The Labute approximate surface area is 307 Å². The van der Waals surface area contributed by atoms with E-state index in [2.05, 4.69) is 25.6 Å². The van der Waals surface area contributed by atoms with Gasteiger partial charge in [0.15, 0.2) is 5.60 Å². The van der Waals surface area contributed by atoms with Gasteiger partial charge in [-0.3, -0.25) is 19.7 Å². The van der Waals surface area contributed by atoms with Crippen LogP contribution in [-0.2, 0) is 17.9 Å². The Balaban J connectivity index is 1.07. The molecule has 3 aliphatic rings. The van der Waals surface area contributed by atoms with E-state index >= 15 is 0 Å². The number of hydrogen-bond acceptors (Lipinski definition) is 10. The molecule has 2 aliphatic heterocycles. The van der Waals surface area contributed by atoms with Gasteiger partial charge in [-0.05, 0) is 19.3 Å². The topological polar surface area (TPSA) is 135 Å². The van der Waals surface area contributed by atoms with Crippen molar-refractivity contribution in [3.05, 3.63) is 70.2 Å². The fourth-order valence-electron chi connectivity index (χ4n) is 7.52. The molecule has 3 fully saturated rings. The first-order chi connectivity index (χ1) is 24.8. The first-order valence-corrected chi connectivity index (χ1v) is 17.5. The molecular weight excluding hydrogens is 722 g/mol. The SMILES string of the molecule is COc1nc(-c2cccc(-c3cccc(-c4cnc(CN5CC6(C5)CC(O)(C(F)(F)F)C6)c(OC)n4)c3Cl)c2Cl)cnc1CNC[C@@H]1CCC(=O)N1. The third-order valence-electron chi connectivity index (χ3n) is 9.97. The molecule has 1 amide bonds. The second-order valence-electron chi connectivity index (χ2n) is 13.7. The van der Waals surface area contributed by atoms with E-state index in [0.29, 0.717) is 100 Å². The number of ether oxygens (including phenoxy) is 2. The van der Waals surface area contributed by atoms with Crippen LogP contribution in [0.5, 0.6) is 11.8 Å². The molecule has 0 radical (unpaired) electrons. The highest BCUT2D eigenvalue weighted by Crippen LogP contribution is 2.59. The van der Waals surface area contributed by atoms with Gasteiger partial charge in [-0.25, -0.2) is 9.97 Å². The van der Waals surface area contributed by atoms with Crippen LogP contribution in [0, 0.1) is 5.41 Å². The maximum Gasteiger partial charge on any atom is 0.417 e. The number of amides is 1. The molecule has 2 aromatic carbocycles. The summed E-state index contributed by atoms with van der Waals surface area (Å²) in [4.78, 5) is 32.0. The molecule has 274 valence electrons. The molecule has 0 bridgehead atoms. The molecule has 11 nitrogen and oxygen atoms in total. The van der Waals surface area contributed by atoms with Gasteiger partial charge in [-0.15, -0.1) is 0 Å². The van der Waals surface area contributed by atoms with Crippen molar-refractivity contribution >= 4 is 29.1 Å². The maximum absolute atomic E-state index is 13.1. The van der Waals surface area contributed by atoms with E-state index in [1.807, 2.05) is 41.3 Å². The van der Waals surface area contributed by atoms with Gasteiger partial charge in [0, 0.05) is 72.9 Å². The number of aliphatic hydroxyl groups is 1. The van der Waals surface area contributed by atoms with Crippen LogP contribution in [0.4, 0.5) is 13.2 Å². The van der Waals surface area contributed by atoms with Crippen molar-refractivity contribution in [2.24, 2.45) is 5.41 Å². The van der Waals surface area contributed by atoms with Crippen LogP contribution in [0.15, 0.2) is 48.8 Å². The number of nitrogens with one attached hydrogen (secondary N) is 2. The monoisotopic (exact) mass is 757 g/mol. The van der Waals surface area contributed by atoms with Gasteiger partial charge >= 0.3 is 6.18 Å². The Morgan fingerprint density at radius 2 is 1.46 bits per heavy atom. The summed E-state index contributed by atoms with van der Waals surface area (Å²) in [5.41, 5.74) is 1.53. The van der Waals surface area contributed by atoms with Crippen LogP contribution in [0.25, 0.3) is 33.6 Å². The lowest BCUT2D eigenvalue weighted by molar-refractivity contribution is -0.332. The summed E-state index contributed by atoms with van der Waals surface area (Å²) in [7, 11) is 3.00. The molecule has 52 heavy (non-hydrogen) atoms. The average molecular weight is 759 g/mol. The quantitative estimate of drug-likeness (QED) is 0.171. The number of carbonyl (C=O) groups excluding carboxylic acids is 1. The molecule has 3 N–H and O–H groups in total. The molecule has 7 rings (SSSR count). The fraction of sp³-hybridized carbons (Fsp3) is 0.417. The van der Waals surface area contributed by atoms with E-state index in [1.54, 1.807) is 12.4 Å². The highest BCUT2D eigenvalue weighted by molar-refractivity contribution is 6.39. The molecule has 16 heteroatoms. The second kappa shape index (κ2) is 14.0. The van der Waals surface area contributed by atoms with E-state index in [1.165, 1.54) is 14.2 Å². The smallest absolute Gasteiger partial charge is 0.417 e. The molecule has 4 aromatic rings. The molecule has 1 spiro atoms. The van der Waals surface area contributed by atoms with Gasteiger partial charge in [0.1, 0.15) is 11.4 Å². The largest absolute Gasteiger partial charge is 0.480 e. The van der Waals surface area contributed by atoms with Crippen molar-refractivity contribution in [3.63, 3.8) is 0 Å². The number of benzene rings is 2. The zero-order chi connectivity index (χ0) is 36.8. The summed E-state index contributed by atoms with van der Waals surface area (Å²) in [6.45, 7) is 2.20. The van der Waals surface area contributed by atoms with Gasteiger partial charge in [0.2, 0.25) is 17.7 Å². The number of rotatable bonds is 11. The summed E-state index contributed by atoms with van der Waals surface area (Å²) in [6, 6.07) is 11.1. The van der Waals surface area contributed by atoms with Gasteiger partial charge in [0.05, 0.1) is 48.0 Å². The van der Waals surface area contributed by atoms with Crippen LogP contribution >= 0.6 is 23.2 Å². The molecule has 1 aliphatic carbocycles. The van der Waals surface area contributed by atoms with Crippen LogP contribution in [0.1, 0.15) is 37.1 Å². The number of alkyl halides is 3. The molecule has 2 aromatic heterocycles. The van der Waals surface area contributed by atoms with Crippen LogP contribution in [0.2, 0.25) is 10.0 Å². The molecule has 0 unspecified atom stereocenters. The molecule has 1 saturated carbocycles. The van der Waals surface area contributed by atoms with Gasteiger partial charge in [-0.1, -0.05) is 59.6 Å². The molecule has 1 atom stereocenters. The number of likely N-dealkylation sites (tertiary alicyclic amines) is 1. The first-order valence-electron chi connectivity index (χ1n) is 16.7. The minimum Gasteiger partial charge on any atom is -0.480 e. The minimum atomic E-state index is -4.62. The van der Waals surface area contributed by atoms with Crippen molar-refractivity contribution in [1.82, 2.24) is 35.5 Å². The molecule has 2 saturated heterocycles. The predicted octanol–water partition coefficient (Wildman–Crippen LogP) is 5.85.